The number of pyridine rings is 1. The van der Waals surface area contributed by atoms with Crippen LogP contribution in [0.25, 0.3) is 10.9 Å². The lowest BCUT2D eigenvalue weighted by atomic mass is 9.82. The van der Waals surface area contributed by atoms with Crippen molar-refractivity contribution in [2.24, 2.45) is 17.8 Å². The summed E-state index contributed by atoms with van der Waals surface area (Å²) in [5, 5.41) is 11.7. The van der Waals surface area contributed by atoms with Gasteiger partial charge in [0.25, 0.3) is 5.92 Å². The quantitative estimate of drug-likeness (QED) is 0.562. The molecule has 4 atom stereocenters. The van der Waals surface area contributed by atoms with E-state index >= 15 is 8.78 Å². The number of aliphatic hydroxyl groups is 1. The zero-order valence-electron chi connectivity index (χ0n) is 21.8. The van der Waals surface area contributed by atoms with E-state index in [1.165, 1.54) is 5.70 Å². The number of aromatic nitrogens is 1. The van der Waals surface area contributed by atoms with Crippen molar-refractivity contribution < 1.29 is 18.6 Å². The molecule has 4 aliphatic carbocycles. The molecular formula is C32H33F2N3O2. The maximum atomic E-state index is 15.0. The van der Waals surface area contributed by atoms with Gasteiger partial charge in [0.05, 0.1) is 17.4 Å². The lowest BCUT2D eigenvalue weighted by Gasteiger charge is -2.42. The molecule has 1 saturated heterocycles. The number of fused-ring (bicyclic) bond motifs is 6. The summed E-state index contributed by atoms with van der Waals surface area (Å²) in [4.78, 5) is 9.08. The van der Waals surface area contributed by atoms with Crippen LogP contribution in [0.4, 0.5) is 8.78 Å². The molecule has 5 aliphatic rings. The Bertz CT molecular complexity index is 1430. The highest BCUT2D eigenvalue weighted by atomic mass is 19.3. The number of ether oxygens (including phenoxy) is 1. The molecule has 1 saturated carbocycles. The number of alkyl halides is 2. The van der Waals surface area contributed by atoms with Gasteiger partial charge >= 0.3 is 0 Å². The number of hydrogen-bond acceptors (Lipinski definition) is 5. The van der Waals surface area contributed by atoms with Gasteiger partial charge in [0.2, 0.25) is 0 Å². The fourth-order valence-corrected chi connectivity index (χ4v) is 7.01. The van der Waals surface area contributed by atoms with Gasteiger partial charge in [-0.25, -0.2) is 8.78 Å². The first-order valence-electron chi connectivity index (χ1n) is 14.0. The van der Waals surface area contributed by atoms with Crippen LogP contribution < -0.4 is 4.74 Å². The Labute approximate surface area is 227 Å². The van der Waals surface area contributed by atoms with Crippen LogP contribution in [0.1, 0.15) is 12.8 Å². The highest BCUT2D eigenvalue weighted by molar-refractivity contribution is 5.84. The second kappa shape index (κ2) is 9.72. The van der Waals surface area contributed by atoms with Crippen molar-refractivity contribution in [3.8, 4) is 5.75 Å². The summed E-state index contributed by atoms with van der Waals surface area (Å²) in [6.07, 6.45) is 14.6. The number of hydrogen-bond donors (Lipinski definition) is 1. The third kappa shape index (κ3) is 4.32. The van der Waals surface area contributed by atoms with Crippen LogP contribution in [0, 0.1) is 17.8 Å². The normalized spacial score (nSPS) is 28.2. The monoisotopic (exact) mass is 529 g/mol. The fraction of sp³-hybridized carbons (Fsp3) is 0.406. The van der Waals surface area contributed by atoms with E-state index in [0.29, 0.717) is 13.0 Å². The second-order valence-electron chi connectivity index (χ2n) is 11.2. The third-order valence-electron chi connectivity index (χ3n) is 8.89. The number of rotatable bonds is 6. The van der Waals surface area contributed by atoms with Crippen LogP contribution >= 0.6 is 0 Å². The number of piperazine rings is 1. The minimum atomic E-state index is -2.65. The van der Waals surface area contributed by atoms with Gasteiger partial charge in [-0.2, -0.15) is 0 Å². The average molecular weight is 530 g/mol. The van der Waals surface area contributed by atoms with Crippen LogP contribution in [-0.2, 0) is 0 Å². The minimum Gasteiger partial charge on any atom is -0.490 e. The SMILES string of the molecule is O[C@@H](COc1cccc2ncccc12)CN1CCN(C2=C3CC=CC=C3C3C(C4=CC=CCC42)C3(F)F)CC1. The van der Waals surface area contributed by atoms with Crippen molar-refractivity contribution in [2.75, 3.05) is 39.3 Å². The Hall–Kier alpha value is -3.29. The number of benzene rings is 1. The Morgan fingerprint density at radius 1 is 1.03 bits per heavy atom. The van der Waals surface area contributed by atoms with Crippen molar-refractivity contribution in [1.82, 2.24) is 14.8 Å². The van der Waals surface area contributed by atoms with Crippen LogP contribution in [-0.4, -0.2) is 71.2 Å². The highest BCUT2D eigenvalue weighted by Gasteiger charge is 2.72. The third-order valence-corrected chi connectivity index (χ3v) is 8.89. The predicted molar refractivity (Wildman–Crippen MR) is 147 cm³/mol. The molecule has 0 amide bonds. The number of allylic oxidation sites excluding steroid dienone is 9. The molecule has 3 unspecified atom stereocenters. The zero-order valence-corrected chi connectivity index (χ0v) is 21.8. The Balaban J connectivity index is 1.03. The summed E-state index contributed by atoms with van der Waals surface area (Å²) in [6, 6.07) is 9.62. The van der Waals surface area contributed by atoms with E-state index in [-0.39, 0.29) is 12.5 Å². The first-order valence-corrected chi connectivity index (χ1v) is 14.0. The van der Waals surface area contributed by atoms with Crippen molar-refractivity contribution in [3.63, 3.8) is 0 Å². The average Bonchev–Trinajstić information content (AvgIpc) is 3.58. The molecule has 7 heteroatoms. The number of β-amino-alcohol motifs (C(OH)–C–C–N with tert-alkyl or cyclic N) is 1. The van der Waals surface area contributed by atoms with E-state index in [9.17, 15) is 5.11 Å². The van der Waals surface area contributed by atoms with Gasteiger partial charge in [-0.15, -0.1) is 0 Å². The van der Waals surface area contributed by atoms with Crippen molar-refractivity contribution in [1.29, 1.82) is 0 Å². The van der Waals surface area contributed by atoms with E-state index < -0.39 is 23.9 Å². The summed E-state index contributed by atoms with van der Waals surface area (Å²) in [7, 11) is 0. The molecule has 7 rings (SSSR count). The molecule has 1 aromatic heterocycles. The Kier molecular flexibility index (Phi) is 6.16. The topological polar surface area (TPSA) is 48.8 Å². The molecule has 2 fully saturated rings. The lowest BCUT2D eigenvalue weighted by molar-refractivity contribution is 0.0501. The van der Waals surface area contributed by atoms with Gasteiger partial charge in [0.1, 0.15) is 18.5 Å². The van der Waals surface area contributed by atoms with Crippen LogP contribution in [0.2, 0.25) is 0 Å². The largest absolute Gasteiger partial charge is 0.490 e. The summed E-state index contributed by atoms with van der Waals surface area (Å²) in [5.41, 5.74) is 4.98. The maximum Gasteiger partial charge on any atom is 0.262 e. The molecule has 1 N–H and O–H groups in total. The first-order chi connectivity index (χ1) is 19.0. The standard InChI is InChI=1S/C32H33F2N3O2/c33-32(34)29-22-7-1-3-9-24(22)31(25-10-4-2-8-23(25)30(29)32)37-17-15-36(16-18-37)19-21(38)20-39-28-13-5-12-27-26(28)11-6-14-35-27/h1-8,11-14,21,24,29-30,38H,9-10,15-20H2/t21-,24?,29?,30?/m1/s1. The molecule has 202 valence electrons. The molecule has 1 aromatic carbocycles. The van der Waals surface area contributed by atoms with E-state index in [4.69, 9.17) is 4.74 Å². The summed E-state index contributed by atoms with van der Waals surface area (Å²) >= 11 is 0. The summed E-state index contributed by atoms with van der Waals surface area (Å²) < 4.78 is 36.0. The minimum absolute atomic E-state index is 0.0176. The lowest BCUT2D eigenvalue weighted by Crippen LogP contribution is -2.50. The molecule has 0 spiro atoms. The van der Waals surface area contributed by atoms with Crippen LogP contribution in [0.3, 0.4) is 0 Å². The molecule has 1 aliphatic heterocycles. The van der Waals surface area contributed by atoms with E-state index in [2.05, 4.69) is 26.9 Å². The molecule has 0 bridgehead atoms. The number of halogens is 2. The van der Waals surface area contributed by atoms with Crippen molar-refractivity contribution in [3.05, 3.63) is 95.4 Å². The molecule has 5 nitrogen and oxygen atoms in total. The Morgan fingerprint density at radius 3 is 2.74 bits per heavy atom. The van der Waals surface area contributed by atoms with E-state index in [0.717, 1.165) is 66.0 Å². The molecule has 39 heavy (non-hydrogen) atoms. The first kappa shape index (κ1) is 24.7. The van der Waals surface area contributed by atoms with Gasteiger partial charge in [-0.05, 0) is 48.3 Å². The highest BCUT2D eigenvalue weighted by Crippen LogP contribution is 2.68. The molecule has 0 radical (unpaired) electrons. The molecular weight excluding hydrogens is 496 g/mol. The van der Waals surface area contributed by atoms with Gasteiger partial charge in [-0.3, -0.25) is 9.88 Å². The van der Waals surface area contributed by atoms with Crippen molar-refractivity contribution in [2.45, 2.75) is 24.9 Å². The van der Waals surface area contributed by atoms with Gasteiger partial charge < -0.3 is 14.7 Å². The van der Waals surface area contributed by atoms with Gasteiger partial charge in [-0.1, -0.05) is 48.1 Å². The smallest absolute Gasteiger partial charge is 0.262 e. The second-order valence-corrected chi connectivity index (χ2v) is 11.2. The van der Waals surface area contributed by atoms with Gasteiger partial charge in [0, 0.05) is 55.9 Å². The summed E-state index contributed by atoms with van der Waals surface area (Å²) in [5.74, 6) is -3.27. The van der Waals surface area contributed by atoms with E-state index in [1.807, 2.05) is 54.6 Å². The molecule has 2 aromatic rings. The number of nitrogens with zero attached hydrogens (tertiary/aromatic N) is 3. The zero-order chi connectivity index (χ0) is 26.6. The predicted octanol–water partition coefficient (Wildman–Crippen LogP) is 5.13. The maximum absolute atomic E-state index is 15.0. The van der Waals surface area contributed by atoms with Crippen LogP contribution in [0.5, 0.6) is 5.75 Å². The summed E-state index contributed by atoms with van der Waals surface area (Å²) in [6.45, 7) is 4.00. The van der Waals surface area contributed by atoms with Gasteiger partial charge in [0.15, 0.2) is 0 Å². The van der Waals surface area contributed by atoms with E-state index in [1.54, 1.807) is 6.20 Å². The molecule has 2 heterocycles. The van der Waals surface area contributed by atoms with Crippen LogP contribution in [0.15, 0.2) is 95.4 Å². The number of aliphatic hydroxyl groups excluding tert-OH is 1. The van der Waals surface area contributed by atoms with Crippen molar-refractivity contribution >= 4 is 10.9 Å². The Morgan fingerprint density at radius 2 is 1.87 bits per heavy atom. The fourth-order valence-electron chi connectivity index (χ4n) is 7.01.